The molecule has 0 saturated carbocycles. The molecule has 0 aliphatic carbocycles. The molecular weight excluding hydrogens is 278 g/mol. The van der Waals surface area contributed by atoms with Crippen molar-refractivity contribution in [1.82, 2.24) is 4.98 Å². The predicted octanol–water partition coefficient (Wildman–Crippen LogP) is 4.16. The van der Waals surface area contributed by atoms with Gasteiger partial charge in [0.25, 0.3) is 0 Å². The second-order valence-electron chi connectivity index (χ2n) is 5.16. The first-order valence-corrected chi connectivity index (χ1v) is 7.17. The molecular formula is C18H13NO3. The van der Waals surface area contributed by atoms with Gasteiger partial charge in [-0.2, -0.15) is 0 Å². The van der Waals surface area contributed by atoms with Gasteiger partial charge in [0.1, 0.15) is 16.7 Å². The van der Waals surface area contributed by atoms with Gasteiger partial charge in [0, 0.05) is 5.39 Å². The smallest absolute Gasteiger partial charge is 0.349 e. The predicted molar refractivity (Wildman–Crippen MR) is 84.9 cm³/mol. The first-order valence-electron chi connectivity index (χ1n) is 7.17. The zero-order valence-electron chi connectivity index (χ0n) is 12.0. The Hall–Kier alpha value is -2.88. The zero-order valence-corrected chi connectivity index (χ0v) is 12.0. The fraction of sp³-hybridized carbons (Fsp3) is 0.111. The molecule has 2 heterocycles. The molecule has 0 saturated heterocycles. The van der Waals surface area contributed by atoms with E-state index in [9.17, 15) is 4.79 Å². The highest BCUT2D eigenvalue weighted by molar-refractivity contribution is 5.82. The summed E-state index contributed by atoms with van der Waals surface area (Å²) < 4.78 is 11.1. The average molecular weight is 291 g/mol. The summed E-state index contributed by atoms with van der Waals surface area (Å²) in [6.45, 7) is 2.06. The van der Waals surface area contributed by atoms with Crippen LogP contribution in [0.5, 0.6) is 0 Å². The molecule has 2 aromatic heterocycles. The molecule has 4 aromatic rings. The van der Waals surface area contributed by atoms with Crippen molar-refractivity contribution >= 4 is 22.1 Å². The Balaban J connectivity index is 1.94. The summed E-state index contributed by atoms with van der Waals surface area (Å²) in [5, 5.41) is 0.856. The third-order valence-electron chi connectivity index (χ3n) is 3.73. The number of nitrogens with zero attached hydrogens (tertiary/aromatic N) is 1. The van der Waals surface area contributed by atoms with E-state index >= 15 is 0 Å². The molecule has 0 spiro atoms. The Bertz CT molecular complexity index is 1010. The van der Waals surface area contributed by atoms with Crippen LogP contribution in [0.2, 0.25) is 0 Å². The number of aromatic nitrogens is 1. The first-order chi connectivity index (χ1) is 10.7. The van der Waals surface area contributed by atoms with Gasteiger partial charge in [0.15, 0.2) is 5.58 Å². The van der Waals surface area contributed by atoms with Crippen molar-refractivity contribution in [3.63, 3.8) is 0 Å². The molecule has 4 nitrogen and oxygen atoms in total. The van der Waals surface area contributed by atoms with Crippen LogP contribution in [0.25, 0.3) is 33.5 Å². The van der Waals surface area contributed by atoms with E-state index in [1.165, 1.54) is 0 Å². The van der Waals surface area contributed by atoms with Crippen molar-refractivity contribution < 1.29 is 8.83 Å². The Morgan fingerprint density at radius 2 is 1.86 bits per heavy atom. The second-order valence-corrected chi connectivity index (χ2v) is 5.16. The van der Waals surface area contributed by atoms with E-state index < -0.39 is 5.63 Å². The minimum Gasteiger partial charge on any atom is -0.436 e. The molecule has 0 N–H and O–H groups in total. The van der Waals surface area contributed by atoms with Gasteiger partial charge in [0.2, 0.25) is 5.89 Å². The van der Waals surface area contributed by atoms with Gasteiger partial charge in [0.05, 0.1) is 0 Å². The number of para-hydroxylation sites is 2. The Kier molecular flexibility index (Phi) is 2.82. The third-order valence-corrected chi connectivity index (χ3v) is 3.73. The Morgan fingerprint density at radius 1 is 1.00 bits per heavy atom. The molecule has 2 aromatic carbocycles. The maximum absolute atomic E-state index is 12.2. The number of oxazole rings is 1. The lowest BCUT2D eigenvalue weighted by atomic mass is 10.1. The minimum atomic E-state index is -0.438. The van der Waals surface area contributed by atoms with Gasteiger partial charge in [-0.3, -0.25) is 0 Å². The fourth-order valence-electron chi connectivity index (χ4n) is 2.51. The van der Waals surface area contributed by atoms with E-state index in [-0.39, 0.29) is 5.89 Å². The molecule has 0 amide bonds. The Morgan fingerprint density at radius 3 is 2.68 bits per heavy atom. The van der Waals surface area contributed by atoms with E-state index in [4.69, 9.17) is 8.83 Å². The first kappa shape index (κ1) is 12.8. The summed E-state index contributed by atoms with van der Waals surface area (Å²) in [6, 6.07) is 15.1. The average Bonchev–Trinajstić information content (AvgIpc) is 2.97. The lowest BCUT2D eigenvalue weighted by Gasteiger charge is -2.01. The molecule has 22 heavy (non-hydrogen) atoms. The van der Waals surface area contributed by atoms with E-state index in [1.54, 1.807) is 6.07 Å². The molecule has 0 aliphatic rings. The number of aryl methyl sites for hydroxylation is 1. The highest BCUT2D eigenvalue weighted by atomic mass is 16.4. The van der Waals surface area contributed by atoms with Crippen LogP contribution >= 0.6 is 0 Å². The van der Waals surface area contributed by atoms with Gasteiger partial charge in [-0.1, -0.05) is 31.2 Å². The molecule has 0 bridgehead atoms. The number of rotatable bonds is 2. The lowest BCUT2D eigenvalue weighted by molar-refractivity contribution is 0.553. The molecule has 108 valence electrons. The topological polar surface area (TPSA) is 56.2 Å². The van der Waals surface area contributed by atoms with Gasteiger partial charge in [-0.15, -0.1) is 0 Å². The summed E-state index contributed by atoms with van der Waals surface area (Å²) in [5.41, 5.74) is 2.99. The highest BCUT2D eigenvalue weighted by Crippen LogP contribution is 2.25. The van der Waals surface area contributed by atoms with Crippen molar-refractivity contribution in [2.75, 3.05) is 0 Å². The fourth-order valence-corrected chi connectivity index (χ4v) is 2.51. The van der Waals surface area contributed by atoms with Crippen molar-refractivity contribution in [2.45, 2.75) is 13.3 Å². The molecule has 0 radical (unpaired) electrons. The van der Waals surface area contributed by atoms with Crippen LogP contribution in [-0.4, -0.2) is 4.98 Å². The quantitative estimate of drug-likeness (QED) is 0.520. The summed E-state index contributed by atoms with van der Waals surface area (Å²) in [6.07, 6.45) is 0.895. The molecule has 0 atom stereocenters. The van der Waals surface area contributed by atoms with Crippen LogP contribution in [0.3, 0.4) is 0 Å². The zero-order chi connectivity index (χ0) is 15.1. The van der Waals surface area contributed by atoms with E-state index in [0.29, 0.717) is 16.7 Å². The standard InChI is InChI=1S/C18H13NO3/c1-2-11-7-8-12-10-13(18(20)22-16(12)9-11)17-19-14-5-3-4-6-15(14)21-17/h3-10H,2H2,1H3. The van der Waals surface area contributed by atoms with Crippen LogP contribution in [0.1, 0.15) is 12.5 Å². The normalized spacial score (nSPS) is 11.3. The van der Waals surface area contributed by atoms with Crippen LogP contribution in [0.4, 0.5) is 0 Å². The summed E-state index contributed by atoms with van der Waals surface area (Å²) in [5.74, 6) is 0.288. The minimum absolute atomic E-state index is 0.288. The highest BCUT2D eigenvalue weighted by Gasteiger charge is 2.14. The number of hydrogen-bond acceptors (Lipinski definition) is 4. The van der Waals surface area contributed by atoms with Crippen LogP contribution in [-0.2, 0) is 6.42 Å². The Labute approximate surface area is 126 Å². The molecule has 4 heteroatoms. The van der Waals surface area contributed by atoms with Gasteiger partial charge < -0.3 is 8.83 Å². The van der Waals surface area contributed by atoms with Crippen molar-refractivity contribution in [1.29, 1.82) is 0 Å². The van der Waals surface area contributed by atoms with E-state index in [1.807, 2.05) is 42.5 Å². The number of benzene rings is 2. The van der Waals surface area contributed by atoms with Crippen molar-refractivity contribution in [2.24, 2.45) is 0 Å². The summed E-state index contributed by atoms with van der Waals surface area (Å²) in [4.78, 5) is 16.6. The van der Waals surface area contributed by atoms with Gasteiger partial charge in [-0.05, 0) is 36.2 Å². The number of fused-ring (bicyclic) bond motifs is 2. The molecule has 0 fully saturated rings. The summed E-state index contributed by atoms with van der Waals surface area (Å²) in [7, 11) is 0. The SMILES string of the molecule is CCc1ccc2cc(-c3nc4ccccc4o3)c(=O)oc2c1. The van der Waals surface area contributed by atoms with Crippen LogP contribution in [0, 0.1) is 0 Å². The monoisotopic (exact) mass is 291 g/mol. The van der Waals surface area contributed by atoms with Crippen LogP contribution in [0.15, 0.2) is 62.2 Å². The molecule has 0 unspecified atom stereocenters. The molecule has 4 rings (SSSR count). The third kappa shape index (κ3) is 2.00. The van der Waals surface area contributed by atoms with E-state index in [0.717, 1.165) is 22.9 Å². The molecule has 0 aliphatic heterocycles. The number of hydrogen-bond donors (Lipinski definition) is 0. The van der Waals surface area contributed by atoms with Crippen molar-refractivity contribution in [3.05, 3.63) is 64.5 Å². The maximum Gasteiger partial charge on any atom is 0.349 e. The van der Waals surface area contributed by atoms with E-state index in [2.05, 4.69) is 11.9 Å². The van der Waals surface area contributed by atoms with Gasteiger partial charge >= 0.3 is 5.63 Å². The van der Waals surface area contributed by atoms with Crippen LogP contribution < -0.4 is 5.63 Å². The maximum atomic E-state index is 12.2. The van der Waals surface area contributed by atoms with Crippen molar-refractivity contribution in [3.8, 4) is 11.5 Å². The lowest BCUT2D eigenvalue weighted by Crippen LogP contribution is -2.03. The largest absolute Gasteiger partial charge is 0.436 e. The summed E-state index contributed by atoms with van der Waals surface area (Å²) >= 11 is 0. The second kappa shape index (κ2) is 4.84. The van der Waals surface area contributed by atoms with Gasteiger partial charge in [-0.25, -0.2) is 9.78 Å².